The van der Waals surface area contributed by atoms with E-state index in [2.05, 4.69) is 0 Å². The fraction of sp³-hybridized carbons (Fsp3) is 0.250. The molecule has 0 saturated carbocycles. The van der Waals surface area contributed by atoms with E-state index >= 15 is 0 Å². The molecule has 2 aromatic carbocycles. The van der Waals surface area contributed by atoms with E-state index in [1.165, 1.54) is 14.2 Å². The number of aryl methyl sites for hydroxylation is 1. The smallest absolute Gasteiger partial charge is 0.162 e. The van der Waals surface area contributed by atoms with Crippen LogP contribution < -0.4 is 9.47 Å². The lowest BCUT2D eigenvalue weighted by atomic mass is 9.99. The second-order valence-corrected chi connectivity index (χ2v) is 5.45. The summed E-state index contributed by atoms with van der Waals surface area (Å²) >= 11 is 12.2. The molecule has 1 N–H and O–H groups in total. The van der Waals surface area contributed by atoms with Gasteiger partial charge in [0.15, 0.2) is 11.5 Å². The average Bonchev–Trinajstić information content (AvgIpc) is 2.49. The van der Waals surface area contributed by atoms with Crippen molar-refractivity contribution in [3.05, 3.63) is 57.1 Å². The minimum Gasteiger partial charge on any atom is -0.493 e. The van der Waals surface area contributed by atoms with Crippen molar-refractivity contribution in [1.82, 2.24) is 0 Å². The molecule has 0 heterocycles. The van der Waals surface area contributed by atoms with Crippen molar-refractivity contribution in [2.45, 2.75) is 13.0 Å². The van der Waals surface area contributed by atoms with Crippen LogP contribution >= 0.6 is 23.2 Å². The zero-order chi connectivity index (χ0) is 15.6. The van der Waals surface area contributed by atoms with E-state index in [9.17, 15) is 5.11 Å². The second kappa shape index (κ2) is 6.56. The lowest BCUT2D eigenvalue weighted by molar-refractivity contribution is 0.219. The molecule has 0 spiro atoms. The molecule has 0 radical (unpaired) electrons. The molecule has 0 bridgehead atoms. The zero-order valence-electron chi connectivity index (χ0n) is 12.0. The summed E-state index contributed by atoms with van der Waals surface area (Å²) in [5, 5.41) is 11.6. The fourth-order valence-corrected chi connectivity index (χ4v) is 2.47. The predicted octanol–water partition coefficient (Wildman–Crippen LogP) is 4.40. The molecule has 5 heteroatoms. The highest BCUT2D eigenvalue weighted by Gasteiger charge is 2.18. The summed E-state index contributed by atoms with van der Waals surface area (Å²) in [6.45, 7) is 1.88. The van der Waals surface area contributed by atoms with E-state index in [1.54, 1.807) is 24.3 Å². The number of aliphatic hydroxyl groups excluding tert-OH is 1. The van der Waals surface area contributed by atoms with Crippen LogP contribution in [0.15, 0.2) is 30.3 Å². The molecule has 0 amide bonds. The summed E-state index contributed by atoms with van der Waals surface area (Å²) in [4.78, 5) is 0. The van der Waals surface area contributed by atoms with Crippen molar-refractivity contribution in [2.24, 2.45) is 0 Å². The van der Waals surface area contributed by atoms with E-state index in [1.807, 2.05) is 13.0 Å². The Kier molecular flexibility index (Phi) is 4.99. The number of hydrogen-bond donors (Lipinski definition) is 1. The first-order valence-electron chi connectivity index (χ1n) is 6.33. The Balaban J connectivity index is 2.47. The lowest BCUT2D eigenvalue weighted by Crippen LogP contribution is -2.02. The molecular weight excluding hydrogens is 311 g/mol. The fourth-order valence-electron chi connectivity index (χ4n) is 2.10. The lowest BCUT2D eigenvalue weighted by Gasteiger charge is -2.17. The third-order valence-electron chi connectivity index (χ3n) is 3.30. The Hall–Kier alpha value is -1.42. The van der Waals surface area contributed by atoms with Crippen molar-refractivity contribution in [3.63, 3.8) is 0 Å². The van der Waals surface area contributed by atoms with Gasteiger partial charge in [-0.15, -0.1) is 0 Å². The Bertz CT molecular complexity index is 656. The van der Waals surface area contributed by atoms with E-state index < -0.39 is 6.10 Å². The molecule has 0 aromatic heterocycles. The number of rotatable bonds is 4. The first-order valence-corrected chi connectivity index (χ1v) is 7.09. The molecule has 0 aliphatic carbocycles. The highest BCUT2D eigenvalue weighted by Crippen LogP contribution is 2.38. The summed E-state index contributed by atoms with van der Waals surface area (Å²) < 4.78 is 10.4. The minimum atomic E-state index is -0.867. The highest BCUT2D eigenvalue weighted by molar-refractivity contribution is 6.32. The Morgan fingerprint density at radius 2 is 1.57 bits per heavy atom. The molecule has 3 nitrogen and oxygen atoms in total. The van der Waals surface area contributed by atoms with Gasteiger partial charge in [-0.3, -0.25) is 0 Å². The van der Waals surface area contributed by atoms with Crippen LogP contribution in [0.4, 0.5) is 0 Å². The number of halogens is 2. The summed E-state index contributed by atoms with van der Waals surface area (Å²) in [6, 6.07) is 8.66. The summed E-state index contributed by atoms with van der Waals surface area (Å²) in [6.07, 6.45) is -0.867. The standard InChI is InChI=1S/C16H16Cl2O3/c1-9-6-10(4-5-12(9)17)16(19)11-7-14(20-2)15(21-3)8-13(11)18/h4-8,16,19H,1-3H3. The molecule has 21 heavy (non-hydrogen) atoms. The Labute approximate surface area is 134 Å². The molecule has 0 fully saturated rings. The summed E-state index contributed by atoms with van der Waals surface area (Å²) in [7, 11) is 3.07. The monoisotopic (exact) mass is 326 g/mol. The van der Waals surface area contributed by atoms with Crippen molar-refractivity contribution in [2.75, 3.05) is 14.2 Å². The molecule has 1 unspecified atom stereocenters. The molecule has 2 aromatic rings. The van der Waals surface area contributed by atoms with Crippen LogP contribution in [0.25, 0.3) is 0 Å². The minimum absolute atomic E-state index is 0.410. The second-order valence-electron chi connectivity index (χ2n) is 4.64. The third-order valence-corrected chi connectivity index (χ3v) is 4.05. The Morgan fingerprint density at radius 3 is 2.14 bits per heavy atom. The molecule has 0 aliphatic rings. The van der Waals surface area contributed by atoms with Gasteiger partial charge in [-0.05, 0) is 30.2 Å². The summed E-state index contributed by atoms with van der Waals surface area (Å²) in [5.41, 5.74) is 2.16. The van der Waals surface area contributed by atoms with Gasteiger partial charge in [-0.2, -0.15) is 0 Å². The van der Waals surface area contributed by atoms with Crippen molar-refractivity contribution >= 4 is 23.2 Å². The van der Waals surface area contributed by atoms with Crippen LogP contribution in [0, 0.1) is 6.92 Å². The molecule has 2 rings (SSSR count). The van der Waals surface area contributed by atoms with E-state index in [4.69, 9.17) is 32.7 Å². The van der Waals surface area contributed by atoms with Gasteiger partial charge in [0.05, 0.1) is 19.2 Å². The van der Waals surface area contributed by atoms with Crippen LogP contribution in [-0.4, -0.2) is 19.3 Å². The van der Waals surface area contributed by atoms with Crippen LogP contribution in [0.2, 0.25) is 10.0 Å². The van der Waals surface area contributed by atoms with Gasteiger partial charge in [0.2, 0.25) is 0 Å². The maximum absolute atomic E-state index is 10.5. The number of aliphatic hydroxyl groups is 1. The quantitative estimate of drug-likeness (QED) is 0.904. The van der Waals surface area contributed by atoms with E-state index in [0.29, 0.717) is 32.7 Å². The average molecular weight is 327 g/mol. The topological polar surface area (TPSA) is 38.7 Å². The maximum Gasteiger partial charge on any atom is 0.162 e. The SMILES string of the molecule is COc1cc(Cl)c(C(O)c2ccc(Cl)c(C)c2)cc1OC. The highest BCUT2D eigenvalue weighted by atomic mass is 35.5. The van der Waals surface area contributed by atoms with Crippen molar-refractivity contribution in [3.8, 4) is 11.5 Å². The summed E-state index contributed by atoms with van der Waals surface area (Å²) in [5.74, 6) is 1.03. The van der Waals surface area contributed by atoms with Crippen LogP contribution in [0.5, 0.6) is 11.5 Å². The Morgan fingerprint density at radius 1 is 0.952 bits per heavy atom. The zero-order valence-corrected chi connectivity index (χ0v) is 13.5. The van der Waals surface area contributed by atoms with Gasteiger partial charge >= 0.3 is 0 Å². The first-order chi connectivity index (χ1) is 9.97. The number of hydrogen-bond acceptors (Lipinski definition) is 3. The van der Waals surface area contributed by atoms with Crippen LogP contribution in [0.3, 0.4) is 0 Å². The first kappa shape index (κ1) is 16.0. The number of benzene rings is 2. The van der Waals surface area contributed by atoms with Gasteiger partial charge in [0.1, 0.15) is 6.10 Å². The normalized spacial score (nSPS) is 12.1. The molecule has 0 saturated heterocycles. The van der Waals surface area contributed by atoms with E-state index in [0.717, 1.165) is 5.56 Å². The van der Waals surface area contributed by atoms with Crippen molar-refractivity contribution < 1.29 is 14.6 Å². The number of methoxy groups -OCH3 is 2. The molecule has 112 valence electrons. The van der Waals surface area contributed by atoms with Gasteiger partial charge < -0.3 is 14.6 Å². The molecule has 1 atom stereocenters. The van der Waals surface area contributed by atoms with E-state index in [-0.39, 0.29) is 0 Å². The molecular formula is C16H16Cl2O3. The largest absolute Gasteiger partial charge is 0.493 e. The van der Waals surface area contributed by atoms with Crippen LogP contribution in [-0.2, 0) is 0 Å². The molecule has 0 aliphatic heterocycles. The van der Waals surface area contributed by atoms with Gasteiger partial charge in [-0.25, -0.2) is 0 Å². The van der Waals surface area contributed by atoms with Crippen LogP contribution in [0.1, 0.15) is 22.8 Å². The predicted molar refractivity (Wildman–Crippen MR) is 84.8 cm³/mol. The number of ether oxygens (including phenoxy) is 2. The maximum atomic E-state index is 10.5. The van der Waals surface area contributed by atoms with Gasteiger partial charge in [0, 0.05) is 16.7 Å². The van der Waals surface area contributed by atoms with Crippen molar-refractivity contribution in [1.29, 1.82) is 0 Å². The van der Waals surface area contributed by atoms with Gasteiger partial charge in [-0.1, -0.05) is 35.3 Å². The van der Waals surface area contributed by atoms with Gasteiger partial charge in [0.25, 0.3) is 0 Å². The third kappa shape index (κ3) is 3.26.